The number of amides is 2. The van der Waals surface area contributed by atoms with Crippen molar-refractivity contribution in [2.24, 2.45) is 0 Å². The third-order valence-electron chi connectivity index (χ3n) is 6.04. The van der Waals surface area contributed by atoms with Crippen molar-refractivity contribution >= 4 is 27.5 Å². The number of hydrogen-bond acceptors (Lipinski definition) is 7. The number of rotatable bonds is 12. The highest BCUT2D eigenvalue weighted by Crippen LogP contribution is 2.35. The van der Waals surface area contributed by atoms with Crippen LogP contribution in [0.25, 0.3) is 0 Å². The number of likely N-dealkylation sites (N-methyl/N-ethyl adjacent to an activating group) is 1. The van der Waals surface area contributed by atoms with Crippen molar-refractivity contribution in [2.75, 3.05) is 43.5 Å². The summed E-state index contributed by atoms with van der Waals surface area (Å²) in [5, 5.41) is 2.78. The molecule has 11 heteroatoms. The first-order valence-corrected chi connectivity index (χ1v) is 13.9. The van der Waals surface area contributed by atoms with Gasteiger partial charge in [0.05, 0.1) is 18.6 Å². The number of carbonyl (C=O) groups is 2. The highest BCUT2D eigenvalue weighted by atomic mass is 32.2. The van der Waals surface area contributed by atoms with Crippen LogP contribution >= 0.6 is 0 Å². The van der Waals surface area contributed by atoms with E-state index in [9.17, 15) is 18.0 Å². The molecular weight excluding hydrogens is 498 g/mol. The summed E-state index contributed by atoms with van der Waals surface area (Å²) in [6.45, 7) is 5.95. The van der Waals surface area contributed by atoms with E-state index in [2.05, 4.69) is 5.32 Å². The Morgan fingerprint density at radius 3 is 2.30 bits per heavy atom. The molecule has 1 heterocycles. The minimum Gasteiger partial charge on any atom is -0.497 e. The standard InChI is InChI=1S/C26H35N3O7S/c1-5-22(26(31)27-6-2)28(17-19-8-11-21(34-4)12-9-19)25(30)18-29(37(32,33)7-3)20-10-13-23-24(16-20)36-15-14-35-23/h8-13,16,22H,5-7,14-15,17-18H2,1-4H3,(H,27,31). The van der Waals surface area contributed by atoms with E-state index in [1.807, 2.05) is 19.1 Å². The quantitative estimate of drug-likeness (QED) is 0.446. The van der Waals surface area contributed by atoms with Crippen LogP contribution in [0, 0.1) is 0 Å². The average molecular weight is 534 g/mol. The zero-order valence-electron chi connectivity index (χ0n) is 21.7. The van der Waals surface area contributed by atoms with Crippen LogP contribution in [0.3, 0.4) is 0 Å². The minimum absolute atomic E-state index is 0.125. The van der Waals surface area contributed by atoms with Gasteiger partial charge in [-0.3, -0.25) is 13.9 Å². The van der Waals surface area contributed by atoms with Crippen molar-refractivity contribution in [1.82, 2.24) is 10.2 Å². The van der Waals surface area contributed by atoms with Crippen LogP contribution in [0.2, 0.25) is 0 Å². The molecule has 0 spiro atoms. The Bertz CT molecular complexity index is 1190. The van der Waals surface area contributed by atoms with Crippen molar-refractivity contribution in [3.63, 3.8) is 0 Å². The van der Waals surface area contributed by atoms with Crippen molar-refractivity contribution in [3.05, 3.63) is 48.0 Å². The highest BCUT2D eigenvalue weighted by Gasteiger charge is 2.32. The fourth-order valence-corrected chi connectivity index (χ4v) is 5.10. The third kappa shape index (κ3) is 6.85. The molecule has 0 aliphatic carbocycles. The Kier molecular flexibility index (Phi) is 9.62. The highest BCUT2D eigenvalue weighted by molar-refractivity contribution is 7.92. The summed E-state index contributed by atoms with van der Waals surface area (Å²) < 4.78 is 43.7. The van der Waals surface area contributed by atoms with Gasteiger partial charge in [0.1, 0.15) is 31.5 Å². The number of hydrogen-bond donors (Lipinski definition) is 1. The van der Waals surface area contributed by atoms with Gasteiger partial charge in [0.25, 0.3) is 0 Å². The molecule has 37 heavy (non-hydrogen) atoms. The van der Waals surface area contributed by atoms with Crippen LogP contribution < -0.4 is 23.8 Å². The van der Waals surface area contributed by atoms with Gasteiger partial charge in [0, 0.05) is 19.2 Å². The lowest BCUT2D eigenvalue weighted by atomic mass is 10.1. The molecule has 1 aliphatic rings. The van der Waals surface area contributed by atoms with E-state index in [0.29, 0.717) is 43.4 Å². The van der Waals surface area contributed by atoms with Crippen molar-refractivity contribution in [3.8, 4) is 17.2 Å². The van der Waals surface area contributed by atoms with E-state index in [0.717, 1.165) is 9.87 Å². The largest absolute Gasteiger partial charge is 0.497 e. The van der Waals surface area contributed by atoms with Crippen molar-refractivity contribution in [2.45, 2.75) is 39.8 Å². The first-order chi connectivity index (χ1) is 17.7. The van der Waals surface area contributed by atoms with Crippen LogP contribution in [-0.4, -0.2) is 70.3 Å². The van der Waals surface area contributed by atoms with Crippen molar-refractivity contribution in [1.29, 1.82) is 0 Å². The first-order valence-electron chi connectivity index (χ1n) is 12.3. The Hall–Kier alpha value is -3.47. The Labute approximate surface area is 218 Å². The average Bonchev–Trinajstić information content (AvgIpc) is 2.91. The van der Waals surface area contributed by atoms with Gasteiger partial charge >= 0.3 is 0 Å². The zero-order chi connectivity index (χ0) is 27.0. The normalized spacial score (nSPS) is 13.4. The van der Waals surface area contributed by atoms with Gasteiger partial charge < -0.3 is 24.4 Å². The molecule has 1 atom stereocenters. The van der Waals surface area contributed by atoms with Gasteiger partial charge in [-0.05, 0) is 50.1 Å². The molecule has 1 unspecified atom stereocenters. The maximum Gasteiger partial charge on any atom is 0.244 e. The van der Waals surface area contributed by atoms with Gasteiger partial charge in [0.2, 0.25) is 21.8 Å². The minimum atomic E-state index is -3.84. The third-order valence-corrected chi connectivity index (χ3v) is 7.78. The molecule has 202 valence electrons. The molecule has 2 amide bonds. The van der Waals surface area contributed by atoms with Gasteiger partial charge in [-0.25, -0.2) is 8.42 Å². The summed E-state index contributed by atoms with van der Waals surface area (Å²) in [5.74, 6) is 0.587. The number of methoxy groups -OCH3 is 1. The monoisotopic (exact) mass is 533 g/mol. The molecule has 3 rings (SSSR count). The molecule has 1 aliphatic heterocycles. The summed E-state index contributed by atoms with van der Waals surface area (Å²) in [4.78, 5) is 28.1. The lowest BCUT2D eigenvalue weighted by molar-refractivity contribution is -0.140. The summed E-state index contributed by atoms with van der Waals surface area (Å²) in [6, 6.07) is 11.2. The summed E-state index contributed by atoms with van der Waals surface area (Å²) in [5.41, 5.74) is 1.07. The molecule has 10 nitrogen and oxygen atoms in total. The van der Waals surface area contributed by atoms with Gasteiger partial charge in [-0.15, -0.1) is 0 Å². The number of nitrogens with zero attached hydrogens (tertiary/aromatic N) is 2. The second kappa shape index (κ2) is 12.7. The molecule has 2 aromatic rings. The number of ether oxygens (including phenoxy) is 3. The molecule has 0 fully saturated rings. The predicted molar refractivity (Wildman–Crippen MR) is 141 cm³/mol. The topological polar surface area (TPSA) is 114 Å². The number of carbonyl (C=O) groups excluding carboxylic acids is 2. The predicted octanol–water partition coefficient (Wildman–Crippen LogP) is 2.57. The number of benzene rings is 2. The second-order valence-corrected chi connectivity index (χ2v) is 10.6. The van der Waals surface area contributed by atoms with E-state index >= 15 is 0 Å². The molecule has 0 saturated carbocycles. The number of anilines is 1. The number of sulfonamides is 1. The Morgan fingerprint density at radius 1 is 1.03 bits per heavy atom. The van der Waals surface area contributed by atoms with Gasteiger partial charge in [-0.2, -0.15) is 0 Å². The lowest BCUT2D eigenvalue weighted by Gasteiger charge is -2.33. The smallest absolute Gasteiger partial charge is 0.244 e. The summed E-state index contributed by atoms with van der Waals surface area (Å²) in [7, 11) is -2.28. The molecule has 0 radical (unpaired) electrons. The SMILES string of the molecule is CCNC(=O)C(CC)N(Cc1ccc(OC)cc1)C(=O)CN(c1ccc2c(c1)OCCO2)S(=O)(=O)CC. The van der Waals surface area contributed by atoms with Gasteiger partial charge in [0.15, 0.2) is 11.5 Å². The molecule has 0 saturated heterocycles. The van der Waals surface area contributed by atoms with E-state index < -0.39 is 28.5 Å². The van der Waals surface area contributed by atoms with Crippen LogP contribution in [0.1, 0.15) is 32.8 Å². The van der Waals surface area contributed by atoms with Crippen LogP contribution in [0.4, 0.5) is 5.69 Å². The molecule has 2 aromatic carbocycles. The zero-order valence-corrected chi connectivity index (χ0v) is 22.5. The van der Waals surface area contributed by atoms with Crippen molar-refractivity contribution < 1.29 is 32.2 Å². The Morgan fingerprint density at radius 2 is 1.70 bits per heavy atom. The fraction of sp³-hybridized carbons (Fsp3) is 0.462. The maximum absolute atomic E-state index is 13.8. The van der Waals surface area contributed by atoms with E-state index in [-0.39, 0.29) is 23.9 Å². The van der Waals surface area contributed by atoms with E-state index in [1.165, 1.54) is 11.8 Å². The molecule has 1 N–H and O–H groups in total. The van der Waals surface area contributed by atoms with Crippen LogP contribution in [-0.2, 0) is 26.2 Å². The van der Waals surface area contributed by atoms with Gasteiger partial charge in [-0.1, -0.05) is 19.1 Å². The van der Waals surface area contributed by atoms with E-state index in [1.54, 1.807) is 44.4 Å². The lowest BCUT2D eigenvalue weighted by Crippen LogP contribution is -2.52. The molecular formula is C26H35N3O7S. The Balaban J connectivity index is 1.96. The molecule has 0 aromatic heterocycles. The second-order valence-electron chi connectivity index (χ2n) is 8.42. The number of nitrogens with one attached hydrogen (secondary N) is 1. The van der Waals surface area contributed by atoms with Crippen LogP contribution in [0.5, 0.6) is 17.2 Å². The summed E-state index contributed by atoms with van der Waals surface area (Å²) >= 11 is 0. The number of fused-ring (bicyclic) bond motifs is 1. The van der Waals surface area contributed by atoms with Crippen LogP contribution in [0.15, 0.2) is 42.5 Å². The summed E-state index contributed by atoms with van der Waals surface area (Å²) in [6.07, 6.45) is 0.359. The first kappa shape index (κ1) is 28.1. The maximum atomic E-state index is 13.8. The van der Waals surface area contributed by atoms with E-state index in [4.69, 9.17) is 14.2 Å². The fourth-order valence-electron chi connectivity index (χ4n) is 4.05. The molecule has 0 bridgehead atoms.